The minimum absolute atomic E-state index is 0. The molecule has 2 heterocycles. The summed E-state index contributed by atoms with van der Waals surface area (Å²) in [5.74, 6) is 1.31. The number of hydrogen-bond donors (Lipinski definition) is 2. The molecule has 3 atom stereocenters. The molecule has 0 amide bonds. The van der Waals surface area contributed by atoms with Crippen molar-refractivity contribution in [2.75, 3.05) is 26.7 Å². The number of halogens is 1. The molecule has 1 aromatic heterocycles. The predicted molar refractivity (Wildman–Crippen MR) is 138 cm³/mol. The lowest BCUT2D eigenvalue weighted by molar-refractivity contribution is -0.0705. The van der Waals surface area contributed by atoms with E-state index in [2.05, 4.69) is 83.1 Å². The van der Waals surface area contributed by atoms with Gasteiger partial charge in [0.25, 0.3) is 0 Å². The fourth-order valence-corrected chi connectivity index (χ4v) is 4.65. The average molecular weight is 543 g/mol. The summed E-state index contributed by atoms with van der Waals surface area (Å²) in [5.41, 5.74) is 2.68. The number of aliphatic imine (C=N–C) groups is 1. The fourth-order valence-electron chi connectivity index (χ4n) is 3.86. The van der Waals surface area contributed by atoms with Crippen LogP contribution in [0.25, 0.3) is 0 Å². The Kier molecular flexibility index (Phi) is 10.6. The molecule has 0 saturated carbocycles. The topological polar surface area (TPSA) is 48.9 Å². The molecule has 2 N–H and O–H groups in total. The first-order valence-electron chi connectivity index (χ1n) is 10.5. The molecule has 1 aliphatic rings. The van der Waals surface area contributed by atoms with Gasteiger partial charge < -0.3 is 15.4 Å². The second-order valence-corrected chi connectivity index (χ2v) is 8.92. The quantitative estimate of drug-likeness (QED) is 0.309. The summed E-state index contributed by atoms with van der Waals surface area (Å²) in [6.07, 6.45) is 0.579. The van der Waals surface area contributed by atoms with Crippen molar-refractivity contribution in [1.29, 1.82) is 0 Å². The van der Waals surface area contributed by atoms with Crippen molar-refractivity contribution in [2.45, 2.75) is 52.0 Å². The zero-order chi connectivity index (χ0) is 20.6. The van der Waals surface area contributed by atoms with E-state index in [1.807, 2.05) is 7.05 Å². The second-order valence-electron chi connectivity index (χ2n) is 7.94. The van der Waals surface area contributed by atoms with E-state index in [1.165, 1.54) is 16.0 Å². The number of guanidine groups is 1. The molecule has 1 aliphatic heterocycles. The molecule has 1 aromatic carbocycles. The number of nitrogens with zero attached hydrogens (tertiary/aromatic N) is 2. The van der Waals surface area contributed by atoms with Gasteiger partial charge in [-0.05, 0) is 36.4 Å². The molecule has 3 unspecified atom stereocenters. The maximum absolute atomic E-state index is 5.87. The number of hydrogen-bond acceptors (Lipinski definition) is 4. The molecule has 0 spiro atoms. The highest BCUT2D eigenvalue weighted by Gasteiger charge is 2.22. The molecule has 166 valence electrons. The highest BCUT2D eigenvalue weighted by atomic mass is 127. The third-order valence-electron chi connectivity index (χ3n) is 5.28. The third-order valence-corrected chi connectivity index (χ3v) is 6.39. The van der Waals surface area contributed by atoms with Crippen LogP contribution in [-0.2, 0) is 17.8 Å². The van der Waals surface area contributed by atoms with E-state index in [1.54, 1.807) is 11.3 Å². The molecular weight excluding hydrogens is 507 g/mol. The van der Waals surface area contributed by atoms with E-state index in [0.29, 0.717) is 5.92 Å². The van der Waals surface area contributed by atoms with Gasteiger partial charge in [-0.2, -0.15) is 0 Å². The highest BCUT2D eigenvalue weighted by molar-refractivity contribution is 14.0. The normalized spacial score (nSPS) is 21.0. The predicted octanol–water partition coefficient (Wildman–Crippen LogP) is 4.44. The van der Waals surface area contributed by atoms with Gasteiger partial charge in [0.15, 0.2) is 5.96 Å². The third kappa shape index (κ3) is 7.51. The van der Waals surface area contributed by atoms with Gasteiger partial charge in [0, 0.05) is 50.6 Å². The van der Waals surface area contributed by atoms with Gasteiger partial charge in [-0.15, -0.1) is 35.3 Å². The van der Waals surface area contributed by atoms with Gasteiger partial charge in [0.1, 0.15) is 0 Å². The summed E-state index contributed by atoms with van der Waals surface area (Å²) in [6, 6.07) is 13.0. The number of ether oxygens (including phenoxy) is 1. The molecule has 0 radical (unpaired) electrons. The van der Waals surface area contributed by atoms with E-state index in [9.17, 15) is 0 Å². The van der Waals surface area contributed by atoms with Gasteiger partial charge in [0.2, 0.25) is 0 Å². The van der Waals surface area contributed by atoms with Crippen LogP contribution in [0.2, 0.25) is 0 Å². The molecule has 3 rings (SSSR count). The van der Waals surface area contributed by atoms with Gasteiger partial charge >= 0.3 is 0 Å². The monoisotopic (exact) mass is 542 g/mol. The minimum Gasteiger partial charge on any atom is -0.373 e. The summed E-state index contributed by atoms with van der Waals surface area (Å²) in [6.45, 7) is 11.1. The van der Waals surface area contributed by atoms with Crippen molar-refractivity contribution < 1.29 is 4.74 Å². The van der Waals surface area contributed by atoms with Crippen LogP contribution in [0.3, 0.4) is 0 Å². The van der Waals surface area contributed by atoms with Crippen LogP contribution in [0.15, 0.2) is 46.8 Å². The lowest BCUT2D eigenvalue weighted by Gasteiger charge is -2.35. The van der Waals surface area contributed by atoms with Gasteiger partial charge in [-0.3, -0.25) is 9.89 Å². The smallest absolute Gasteiger partial charge is 0.191 e. The van der Waals surface area contributed by atoms with Crippen LogP contribution in [0.5, 0.6) is 0 Å². The number of thiophene rings is 1. The highest BCUT2D eigenvalue weighted by Crippen LogP contribution is 2.20. The molecule has 1 fully saturated rings. The molecule has 30 heavy (non-hydrogen) atoms. The van der Waals surface area contributed by atoms with E-state index in [4.69, 9.17) is 4.74 Å². The van der Waals surface area contributed by atoms with Gasteiger partial charge in [0.05, 0.1) is 12.2 Å². The van der Waals surface area contributed by atoms with E-state index in [-0.39, 0.29) is 36.2 Å². The molecule has 1 saturated heterocycles. The fraction of sp³-hybridized carbons (Fsp3) is 0.522. The van der Waals surface area contributed by atoms with Crippen LogP contribution in [0, 0.1) is 0 Å². The maximum atomic E-state index is 5.87. The molecule has 0 aliphatic carbocycles. The summed E-state index contributed by atoms with van der Waals surface area (Å²) in [4.78, 5) is 8.28. The van der Waals surface area contributed by atoms with Crippen molar-refractivity contribution in [3.05, 3.63) is 57.8 Å². The molecule has 5 nitrogen and oxygen atoms in total. The Hall–Kier alpha value is -1.16. The van der Waals surface area contributed by atoms with Crippen LogP contribution in [0.1, 0.15) is 42.7 Å². The first-order chi connectivity index (χ1) is 14.0. The first kappa shape index (κ1) is 25.1. The molecule has 7 heteroatoms. The summed E-state index contributed by atoms with van der Waals surface area (Å²) in [5, 5.41) is 9.07. The van der Waals surface area contributed by atoms with Crippen LogP contribution < -0.4 is 10.6 Å². The van der Waals surface area contributed by atoms with E-state index >= 15 is 0 Å². The Morgan fingerprint density at radius 1 is 1.13 bits per heavy atom. The van der Waals surface area contributed by atoms with E-state index in [0.717, 1.165) is 38.7 Å². The van der Waals surface area contributed by atoms with Crippen molar-refractivity contribution >= 4 is 41.3 Å². The van der Waals surface area contributed by atoms with Crippen molar-refractivity contribution in [2.24, 2.45) is 4.99 Å². The standard InChI is InChI=1S/C23H34N4OS.HI/c1-17(22-10-7-11-29-22)12-25-23(24-4)26-13-20-8-5-6-9-21(20)16-27-14-18(2)28-19(3)15-27;/h5-11,17-19H,12-16H2,1-4H3,(H2,24,25,26);1H. The number of morpholine rings is 1. The Balaban J connectivity index is 0.00000320. The summed E-state index contributed by atoms with van der Waals surface area (Å²) < 4.78 is 5.87. The van der Waals surface area contributed by atoms with Crippen LogP contribution >= 0.6 is 35.3 Å². The second kappa shape index (κ2) is 12.6. The van der Waals surface area contributed by atoms with E-state index < -0.39 is 0 Å². The Bertz CT molecular complexity index is 773. The van der Waals surface area contributed by atoms with Crippen molar-refractivity contribution in [1.82, 2.24) is 15.5 Å². The maximum Gasteiger partial charge on any atom is 0.191 e. The Morgan fingerprint density at radius 3 is 2.47 bits per heavy atom. The first-order valence-corrected chi connectivity index (χ1v) is 11.4. The van der Waals surface area contributed by atoms with Crippen LogP contribution in [-0.4, -0.2) is 49.7 Å². The summed E-state index contributed by atoms with van der Waals surface area (Å²) in [7, 11) is 1.83. The number of nitrogens with one attached hydrogen (secondary N) is 2. The Labute approximate surface area is 202 Å². The SMILES string of the molecule is CN=C(NCc1ccccc1CN1CC(C)OC(C)C1)NCC(C)c1cccs1.I. The number of benzene rings is 1. The zero-order valence-corrected chi connectivity index (χ0v) is 21.6. The lowest BCUT2D eigenvalue weighted by Crippen LogP contribution is -2.45. The average Bonchev–Trinajstić information content (AvgIpc) is 3.23. The minimum atomic E-state index is 0. The van der Waals surface area contributed by atoms with Crippen molar-refractivity contribution in [3.8, 4) is 0 Å². The van der Waals surface area contributed by atoms with Gasteiger partial charge in [-0.1, -0.05) is 37.3 Å². The number of rotatable bonds is 7. The molecule has 2 aromatic rings. The lowest BCUT2D eigenvalue weighted by atomic mass is 10.1. The Morgan fingerprint density at radius 2 is 1.83 bits per heavy atom. The van der Waals surface area contributed by atoms with Crippen molar-refractivity contribution in [3.63, 3.8) is 0 Å². The van der Waals surface area contributed by atoms with Gasteiger partial charge in [-0.25, -0.2) is 0 Å². The zero-order valence-electron chi connectivity index (χ0n) is 18.4. The van der Waals surface area contributed by atoms with Crippen LogP contribution in [0.4, 0.5) is 0 Å². The largest absolute Gasteiger partial charge is 0.373 e. The molecular formula is C23H35IN4OS. The summed E-state index contributed by atoms with van der Waals surface area (Å²) >= 11 is 1.81. The molecule has 0 bridgehead atoms.